The molecular formula is C25H34N2O6S. The van der Waals surface area contributed by atoms with Gasteiger partial charge in [-0.25, -0.2) is 8.42 Å². The lowest BCUT2D eigenvalue weighted by molar-refractivity contribution is -0.123. The summed E-state index contributed by atoms with van der Waals surface area (Å²) >= 11 is 0. The standard InChI is InChI=1S/C25H34N2O6S/c1-7-25(8-2)16-20(19-11-9-10-12-21(19)33-25)26-24(28)17(3)27(34(6,29)30)18-13-14-22(31-4)23(15-18)32-5/h9-15,17,20H,7-8,16H2,1-6H3,(H,26,28)/t17-,20-/m0/s1. The summed E-state index contributed by atoms with van der Waals surface area (Å²) in [7, 11) is -0.817. The first-order chi connectivity index (χ1) is 16.1. The van der Waals surface area contributed by atoms with Crippen LogP contribution < -0.4 is 23.8 Å². The molecule has 34 heavy (non-hydrogen) atoms. The summed E-state index contributed by atoms with van der Waals surface area (Å²) in [5, 5.41) is 3.09. The monoisotopic (exact) mass is 490 g/mol. The van der Waals surface area contributed by atoms with Crippen molar-refractivity contribution in [3.05, 3.63) is 48.0 Å². The third-order valence-corrected chi connectivity index (χ3v) is 7.75. The van der Waals surface area contributed by atoms with Gasteiger partial charge in [-0.3, -0.25) is 9.10 Å². The molecule has 0 saturated carbocycles. The lowest BCUT2D eigenvalue weighted by atomic mass is 9.83. The molecule has 1 aliphatic rings. The highest BCUT2D eigenvalue weighted by Crippen LogP contribution is 2.43. The highest BCUT2D eigenvalue weighted by molar-refractivity contribution is 7.92. The largest absolute Gasteiger partial charge is 0.493 e. The van der Waals surface area contributed by atoms with Crippen LogP contribution in [-0.4, -0.2) is 46.4 Å². The van der Waals surface area contributed by atoms with E-state index in [1.54, 1.807) is 25.1 Å². The number of ether oxygens (including phenoxy) is 3. The van der Waals surface area contributed by atoms with Gasteiger partial charge in [-0.15, -0.1) is 0 Å². The predicted octanol–water partition coefficient (Wildman–Crippen LogP) is 4.06. The molecule has 0 aromatic heterocycles. The summed E-state index contributed by atoms with van der Waals surface area (Å²) < 4.78 is 43.6. The van der Waals surface area contributed by atoms with Gasteiger partial charge < -0.3 is 19.5 Å². The number of para-hydroxylation sites is 1. The van der Waals surface area contributed by atoms with Gasteiger partial charge in [0, 0.05) is 18.1 Å². The number of hydrogen-bond donors (Lipinski definition) is 1. The Labute approximate surface area is 202 Å². The Kier molecular flexibility index (Phi) is 7.65. The van der Waals surface area contributed by atoms with Gasteiger partial charge in [0.2, 0.25) is 15.9 Å². The van der Waals surface area contributed by atoms with Crippen LogP contribution in [0.2, 0.25) is 0 Å². The van der Waals surface area contributed by atoms with Crippen molar-refractivity contribution >= 4 is 21.6 Å². The molecule has 0 saturated heterocycles. The first-order valence-electron chi connectivity index (χ1n) is 11.4. The van der Waals surface area contributed by atoms with Crippen LogP contribution in [0.15, 0.2) is 42.5 Å². The van der Waals surface area contributed by atoms with Gasteiger partial charge in [-0.1, -0.05) is 32.0 Å². The smallest absolute Gasteiger partial charge is 0.244 e. The molecule has 2 aromatic rings. The van der Waals surface area contributed by atoms with Crippen molar-refractivity contribution in [3.8, 4) is 17.2 Å². The molecule has 1 heterocycles. The van der Waals surface area contributed by atoms with Crippen LogP contribution in [0.4, 0.5) is 5.69 Å². The van der Waals surface area contributed by atoms with Gasteiger partial charge in [0.25, 0.3) is 0 Å². The molecule has 1 amide bonds. The molecule has 0 bridgehead atoms. The molecular weight excluding hydrogens is 456 g/mol. The van der Waals surface area contributed by atoms with Crippen molar-refractivity contribution in [3.63, 3.8) is 0 Å². The second-order valence-corrected chi connectivity index (χ2v) is 10.4. The van der Waals surface area contributed by atoms with Crippen molar-refractivity contribution in [2.24, 2.45) is 0 Å². The van der Waals surface area contributed by atoms with E-state index in [2.05, 4.69) is 19.2 Å². The van der Waals surface area contributed by atoms with Crippen molar-refractivity contribution in [1.82, 2.24) is 5.32 Å². The van der Waals surface area contributed by atoms with E-state index in [-0.39, 0.29) is 6.04 Å². The van der Waals surface area contributed by atoms with Gasteiger partial charge in [0.05, 0.1) is 32.2 Å². The van der Waals surface area contributed by atoms with E-state index in [0.717, 1.165) is 34.7 Å². The predicted molar refractivity (Wildman–Crippen MR) is 132 cm³/mol. The minimum Gasteiger partial charge on any atom is -0.493 e. The number of rotatable bonds is 9. The minimum atomic E-state index is -3.79. The molecule has 0 aliphatic carbocycles. The number of amides is 1. The zero-order valence-electron chi connectivity index (χ0n) is 20.6. The SMILES string of the molecule is CCC1(CC)C[C@H](NC(=O)[C@H](C)N(c2ccc(OC)c(OC)c2)S(C)(=O)=O)c2ccccc2O1. The van der Waals surface area contributed by atoms with Crippen LogP contribution in [0.1, 0.15) is 51.6 Å². The Hall–Kier alpha value is -2.94. The van der Waals surface area contributed by atoms with Crippen LogP contribution >= 0.6 is 0 Å². The normalized spacial score (nSPS) is 17.6. The molecule has 0 fully saturated rings. The van der Waals surface area contributed by atoms with E-state index < -0.39 is 27.6 Å². The molecule has 9 heteroatoms. The maximum Gasteiger partial charge on any atom is 0.244 e. The van der Waals surface area contributed by atoms with E-state index in [4.69, 9.17) is 14.2 Å². The highest BCUT2D eigenvalue weighted by atomic mass is 32.2. The van der Waals surface area contributed by atoms with Crippen molar-refractivity contribution in [1.29, 1.82) is 0 Å². The molecule has 0 radical (unpaired) electrons. The maximum absolute atomic E-state index is 13.4. The molecule has 1 aliphatic heterocycles. The lowest BCUT2D eigenvalue weighted by Gasteiger charge is -2.42. The molecule has 2 aromatic carbocycles. The van der Waals surface area contributed by atoms with E-state index in [1.807, 2.05) is 24.3 Å². The number of fused-ring (bicyclic) bond motifs is 1. The Morgan fingerprint density at radius 3 is 2.38 bits per heavy atom. The second kappa shape index (κ2) is 10.1. The molecule has 8 nitrogen and oxygen atoms in total. The summed E-state index contributed by atoms with van der Waals surface area (Å²) in [6, 6.07) is 11.1. The summed E-state index contributed by atoms with van der Waals surface area (Å²) in [5.41, 5.74) is 0.805. The number of nitrogens with zero attached hydrogens (tertiary/aromatic N) is 1. The second-order valence-electron chi connectivity index (χ2n) is 8.57. The summed E-state index contributed by atoms with van der Waals surface area (Å²) in [5.74, 6) is 1.18. The molecule has 0 unspecified atom stereocenters. The van der Waals surface area contributed by atoms with Crippen molar-refractivity contribution in [2.75, 3.05) is 24.8 Å². The first-order valence-corrected chi connectivity index (χ1v) is 13.2. The fourth-order valence-electron chi connectivity index (χ4n) is 4.49. The Morgan fingerprint density at radius 2 is 1.79 bits per heavy atom. The van der Waals surface area contributed by atoms with Crippen LogP contribution in [0.25, 0.3) is 0 Å². The fourth-order valence-corrected chi connectivity index (χ4v) is 5.66. The van der Waals surface area contributed by atoms with Gasteiger partial charge in [0.15, 0.2) is 11.5 Å². The van der Waals surface area contributed by atoms with E-state index >= 15 is 0 Å². The zero-order valence-corrected chi connectivity index (χ0v) is 21.4. The van der Waals surface area contributed by atoms with E-state index in [1.165, 1.54) is 14.2 Å². The number of carbonyl (C=O) groups is 1. The molecule has 186 valence electrons. The van der Waals surface area contributed by atoms with Gasteiger partial charge in [-0.2, -0.15) is 0 Å². The molecule has 3 rings (SSSR count). The Morgan fingerprint density at radius 1 is 1.15 bits per heavy atom. The summed E-state index contributed by atoms with van der Waals surface area (Å²) in [6.07, 6.45) is 3.27. The molecule has 2 atom stereocenters. The van der Waals surface area contributed by atoms with Gasteiger partial charge >= 0.3 is 0 Å². The number of carbonyl (C=O) groups excluding carboxylic acids is 1. The summed E-state index contributed by atoms with van der Waals surface area (Å²) in [6.45, 7) is 5.72. The van der Waals surface area contributed by atoms with Crippen LogP contribution in [0.3, 0.4) is 0 Å². The zero-order chi connectivity index (χ0) is 25.1. The van der Waals surface area contributed by atoms with Gasteiger partial charge in [-0.05, 0) is 38.0 Å². The Balaban J connectivity index is 1.93. The quantitative estimate of drug-likeness (QED) is 0.570. The summed E-state index contributed by atoms with van der Waals surface area (Å²) in [4.78, 5) is 13.4. The fraction of sp³-hybridized carbons (Fsp3) is 0.480. The first kappa shape index (κ1) is 25.7. The number of methoxy groups -OCH3 is 2. The average molecular weight is 491 g/mol. The maximum atomic E-state index is 13.4. The number of anilines is 1. The van der Waals surface area contributed by atoms with Crippen molar-refractivity contribution in [2.45, 2.75) is 57.7 Å². The third kappa shape index (κ3) is 5.09. The lowest BCUT2D eigenvalue weighted by Crippen LogP contribution is -2.51. The number of benzene rings is 2. The van der Waals surface area contributed by atoms with Crippen LogP contribution in [0, 0.1) is 0 Å². The van der Waals surface area contributed by atoms with Crippen molar-refractivity contribution < 1.29 is 27.4 Å². The van der Waals surface area contributed by atoms with E-state index in [0.29, 0.717) is 23.6 Å². The number of sulfonamides is 1. The third-order valence-electron chi connectivity index (χ3n) is 6.51. The van der Waals surface area contributed by atoms with E-state index in [9.17, 15) is 13.2 Å². The highest BCUT2D eigenvalue weighted by Gasteiger charge is 2.40. The number of nitrogens with one attached hydrogen (secondary N) is 1. The average Bonchev–Trinajstić information content (AvgIpc) is 2.82. The van der Waals surface area contributed by atoms with Gasteiger partial charge in [0.1, 0.15) is 17.4 Å². The van der Waals surface area contributed by atoms with Crippen LogP contribution in [-0.2, 0) is 14.8 Å². The molecule has 0 spiro atoms. The Bertz CT molecular complexity index is 1130. The topological polar surface area (TPSA) is 94.2 Å². The number of hydrogen-bond acceptors (Lipinski definition) is 6. The molecule has 1 N–H and O–H groups in total. The van der Waals surface area contributed by atoms with Crippen LogP contribution in [0.5, 0.6) is 17.2 Å². The minimum absolute atomic E-state index is 0.299.